The number of carbonyl (C=O) groups excluding carboxylic acids is 3. The second kappa shape index (κ2) is 12.3. The van der Waals surface area contributed by atoms with Gasteiger partial charge in [0.05, 0.1) is 6.61 Å². The molecular weight excluding hydrogens is 356 g/mol. The van der Waals surface area contributed by atoms with Crippen LogP contribution in [0.4, 0.5) is 0 Å². The molecule has 6 nitrogen and oxygen atoms in total. The van der Waals surface area contributed by atoms with Crippen molar-refractivity contribution in [3.05, 3.63) is 35.9 Å². The van der Waals surface area contributed by atoms with Crippen LogP contribution in [-0.4, -0.2) is 42.9 Å². The zero-order valence-corrected chi connectivity index (χ0v) is 17.7. The molecule has 0 aliphatic heterocycles. The largest absolute Gasteiger partial charge is 0.369 e. The van der Waals surface area contributed by atoms with E-state index in [0.29, 0.717) is 24.3 Å². The van der Waals surface area contributed by atoms with E-state index in [9.17, 15) is 14.4 Å². The van der Waals surface area contributed by atoms with Gasteiger partial charge in [-0.15, -0.1) is 0 Å². The highest BCUT2D eigenvalue weighted by Gasteiger charge is 2.22. The van der Waals surface area contributed by atoms with E-state index in [2.05, 4.69) is 10.6 Å². The highest BCUT2D eigenvalue weighted by atomic mass is 16.5. The Morgan fingerprint density at radius 1 is 0.964 bits per heavy atom. The van der Waals surface area contributed by atoms with E-state index in [4.69, 9.17) is 4.74 Å². The summed E-state index contributed by atoms with van der Waals surface area (Å²) in [6, 6.07) is 8.21. The van der Waals surface area contributed by atoms with Gasteiger partial charge in [-0.2, -0.15) is 0 Å². The zero-order valence-electron chi connectivity index (χ0n) is 17.7. The fourth-order valence-electron chi connectivity index (χ4n) is 2.81. The Morgan fingerprint density at radius 3 is 2.11 bits per heavy atom. The number of ether oxygens (including phenoxy) is 1. The molecule has 0 aliphatic carbocycles. The Morgan fingerprint density at radius 2 is 1.57 bits per heavy atom. The number of rotatable bonds is 12. The van der Waals surface area contributed by atoms with E-state index < -0.39 is 12.1 Å². The molecular formula is C22H34N2O4. The predicted octanol–water partition coefficient (Wildman–Crippen LogP) is 2.97. The van der Waals surface area contributed by atoms with E-state index in [1.54, 1.807) is 24.3 Å². The molecule has 0 bridgehead atoms. The summed E-state index contributed by atoms with van der Waals surface area (Å²) >= 11 is 0. The minimum atomic E-state index is -0.619. The quantitative estimate of drug-likeness (QED) is 0.538. The Labute approximate surface area is 168 Å². The molecule has 156 valence electrons. The molecule has 0 fully saturated rings. The minimum absolute atomic E-state index is 0.00663. The highest BCUT2D eigenvalue weighted by molar-refractivity contribution is 5.97. The summed E-state index contributed by atoms with van der Waals surface area (Å²) in [4.78, 5) is 36.6. The number of Topliss-reactive ketones (excluding diaryl/α,β-unsaturated/α-hetero) is 1. The summed E-state index contributed by atoms with van der Waals surface area (Å²) in [5.41, 5.74) is 0.519. The third-order valence-electron chi connectivity index (χ3n) is 4.22. The summed E-state index contributed by atoms with van der Waals surface area (Å²) in [7, 11) is 0. The SMILES string of the molecule is CC(=O)[C@H](CC(C)C)OCCNC(=O)[C@H](CC(C)C)NC(=O)c1ccccc1. The average molecular weight is 391 g/mol. The van der Waals surface area contributed by atoms with Gasteiger partial charge in [0.1, 0.15) is 12.1 Å². The molecule has 0 aliphatic rings. The van der Waals surface area contributed by atoms with E-state index in [1.165, 1.54) is 6.92 Å². The van der Waals surface area contributed by atoms with Gasteiger partial charge in [0.25, 0.3) is 5.91 Å². The van der Waals surface area contributed by atoms with Crippen LogP contribution in [0.15, 0.2) is 30.3 Å². The van der Waals surface area contributed by atoms with Crippen LogP contribution in [0.5, 0.6) is 0 Å². The lowest BCUT2D eigenvalue weighted by molar-refractivity contribution is -0.129. The molecule has 1 aromatic rings. The molecule has 6 heteroatoms. The van der Waals surface area contributed by atoms with Gasteiger partial charge in [-0.05, 0) is 43.7 Å². The van der Waals surface area contributed by atoms with Crippen molar-refractivity contribution in [3.63, 3.8) is 0 Å². The third-order valence-corrected chi connectivity index (χ3v) is 4.22. The summed E-state index contributed by atoms with van der Waals surface area (Å²) in [5.74, 6) is 0.0761. The van der Waals surface area contributed by atoms with Crippen LogP contribution in [0.2, 0.25) is 0 Å². The molecule has 2 atom stereocenters. The van der Waals surface area contributed by atoms with Crippen molar-refractivity contribution >= 4 is 17.6 Å². The van der Waals surface area contributed by atoms with Crippen LogP contribution in [-0.2, 0) is 14.3 Å². The molecule has 0 saturated heterocycles. The van der Waals surface area contributed by atoms with Gasteiger partial charge in [-0.25, -0.2) is 0 Å². The third kappa shape index (κ3) is 9.13. The van der Waals surface area contributed by atoms with Gasteiger partial charge >= 0.3 is 0 Å². The van der Waals surface area contributed by atoms with Crippen molar-refractivity contribution in [2.24, 2.45) is 11.8 Å². The van der Waals surface area contributed by atoms with Crippen LogP contribution in [0.3, 0.4) is 0 Å². The predicted molar refractivity (Wildman–Crippen MR) is 110 cm³/mol. The lowest BCUT2D eigenvalue weighted by Gasteiger charge is -2.21. The lowest BCUT2D eigenvalue weighted by atomic mass is 10.0. The topological polar surface area (TPSA) is 84.5 Å². The molecule has 0 saturated carbocycles. The fraction of sp³-hybridized carbons (Fsp3) is 0.591. The summed E-state index contributed by atoms with van der Waals surface area (Å²) in [6.07, 6.45) is 0.752. The van der Waals surface area contributed by atoms with E-state index >= 15 is 0 Å². The molecule has 0 spiro atoms. The van der Waals surface area contributed by atoms with Crippen LogP contribution in [0.1, 0.15) is 57.8 Å². The molecule has 1 aromatic carbocycles. The van der Waals surface area contributed by atoms with Crippen LogP contribution in [0.25, 0.3) is 0 Å². The summed E-state index contributed by atoms with van der Waals surface area (Å²) in [6.45, 7) is 10.1. The van der Waals surface area contributed by atoms with Gasteiger partial charge in [-0.1, -0.05) is 45.9 Å². The smallest absolute Gasteiger partial charge is 0.251 e. The molecule has 0 radical (unpaired) electrons. The molecule has 1 rings (SSSR count). The number of benzene rings is 1. The first-order chi connectivity index (χ1) is 13.2. The number of amides is 2. The number of hydrogen-bond donors (Lipinski definition) is 2. The standard InChI is InChI=1S/C22H34N2O4/c1-15(2)13-19(24-21(26)18-9-7-6-8-10-18)22(27)23-11-12-28-20(17(5)25)14-16(3)4/h6-10,15-16,19-20H,11-14H2,1-5H3,(H,23,27)(H,24,26)/t19-,20-/m0/s1. The van der Waals surface area contributed by atoms with Crippen LogP contribution < -0.4 is 10.6 Å². The molecule has 2 N–H and O–H groups in total. The molecule has 28 heavy (non-hydrogen) atoms. The van der Waals surface area contributed by atoms with Crippen molar-refractivity contribution in [1.82, 2.24) is 10.6 Å². The zero-order chi connectivity index (χ0) is 21.1. The summed E-state index contributed by atoms with van der Waals surface area (Å²) in [5, 5.41) is 5.62. The number of ketones is 1. The van der Waals surface area contributed by atoms with Crippen molar-refractivity contribution in [1.29, 1.82) is 0 Å². The molecule has 0 aromatic heterocycles. The first-order valence-electron chi connectivity index (χ1n) is 9.96. The maximum absolute atomic E-state index is 12.6. The Hall–Kier alpha value is -2.21. The van der Waals surface area contributed by atoms with Gasteiger partial charge in [0, 0.05) is 12.1 Å². The van der Waals surface area contributed by atoms with Crippen molar-refractivity contribution in [2.75, 3.05) is 13.2 Å². The number of nitrogens with one attached hydrogen (secondary N) is 2. The first kappa shape index (κ1) is 23.8. The Balaban J connectivity index is 2.55. The maximum Gasteiger partial charge on any atom is 0.251 e. The van der Waals surface area contributed by atoms with Gasteiger partial charge in [-0.3, -0.25) is 14.4 Å². The van der Waals surface area contributed by atoms with Crippen molar-refractivity contribution in [2.45, 2.75) is 59.6 Å². The van der Waals surface area contributed by atoms with Crippen LogP contribution >= 0.6 is 0 Å². The number of hydrogen-bond acceptors (Lipinski definition) is 4. The maximum atomic E-state index is 12.6. The second-order valence-electron chi connectivity index (χ2n) is 7.91. The highest BCUT2D eigenvalue weighted by Crippen LogP contribution is 2.10. The molecule has 0 heterocycles. The average Bonchev–Trinajstić information content (AvgIpc) is 2.63. The van der Waals surface area contributed by atoms with E-state index in [-0.39, 0.29) is 36.7 Å². The normalized spacial score (nSPS) is 13.2. The van der Waals surface area contributed by atoms with Crippen molar-refractivity contribution < 1.29 is 19.1 Å². The van der Waals surface area contributed by atoms with E-state index in [0.717, 1.165) is 0 Å². The van der Waals surface area contributed by atoms with Gasteiger partial charge in [0.15, 0.2) is 5.78 Å². The monoisotopic (exact) mass is 390 g/mol. The lowest BCUT2D eigenvalue weighted by Crippen LogP contribution is -2.48. The van der Waals surface area contributed by atoms with Gasteiger partial charge < -0.3 is 15.4 Å². The second-order valence-corrected chi connectivity index (χ2v) is 7.91. The number of carbonyl (C=O) groups is 3. The Kier molecular flexibility index (Phi) is 10.5. The molecule has 0 unspecified atom stereocenters. The van der Waals surface area contributed by atoms with Gasteiger partial charge in [0.2, 0.25) is 5.91 Å². The van der Waals surface area contributed by atoms with Crippen molar-refractivity contribution in [3.8, 4) is 0 Å². The molecule has 2 amide bonds. The first-order valence-corrected chi connectivity index (χ1v) is 9.96. The van der Waals surface area contributed by atoms with E-state index in [1.807, 2.05) is 33.8 Å². The van der Waals surface area contributed by atoms with Crippen LogP contribution in [0, 0.1) is 11.8 Å². The fourth-order valence-corrected chi connectivity index (χ4v) is 2.81. The Bertz CT molecular complexity index is 629. The minimum Gasteiger partial charge on any atom is -0.369 e. The summed E-state index contributed by atoms with van der Waals surface area (Å²) < 4.78 is 5.62.